The quantitative estimate of drug-likeness (QED) is 0.486. The maximum Gasteiger partial charge on any atom is 0.342 e. The Kier molecular flexibility index (Phi) is 6.41. The Labute approximate surface area is 122 Å². The van der Waals surface area contributed by atoms with Crippen molar-refractivity contribution < 1.29 is 19.1 Å². The number of carbonyl (C=O) groups excluding carboxylic acids is 2. The van der Waals surface area contributed by atoms with Gasteiger partial charge in [-0.15, -0.1) is 0 Å². The molecule has 1 amide bonds. The second-order valence-electron chi connectivity index (χ2n) is 4.17. The number of nitrogens with one attached hydrogen (secondary N) is 1. The molecule has 0 radical (unpaired) electrons. The molecule has 0 saturated carbocycles. The fraction of sp³-hybridized carbons (Fsp3) is 0.462. The average molecular weight is 301 g/mol. The number of amides is 1. The molecule has 0 aliphatic heterocycles. The Morgan fingerprint density at radius 2 is 2.10 bits per heavy atom. The van der Waals surface area contributed by atoms with Gasteiger partial charge in [0.15, 0.2) is 6.61 Å². The first kappa shape index (κ1) is 16.4. The number of rotatable bonds is 6. The van der Waals surface area contributed by atoms with Crippen LogP contribution in [0.25, 0.3) is 0 Å². The summed E-state index contributed by atoms with van der Waals surface area (Å²) in [7, 11) is 1.53. The summed E-state index contributed by atoms with van der Waals surface area (Å²) in [5.41, 5.74) is 1.55. The van der Waals surface area contributed by atoms with Crippen molar-refractivity contribution in [3.63, 3.8) is 0 Å². The Balaban J connectivity index is 2.57. The lowest BCUT2D eigenvalue weighted by atomic mass is 10.1. The van der Waals surface area contributed by atoms with Gasteiger partial charge in [-0.05, 0) is 25.5 Å². The lowest BCUT2D eigenvalue weighted by Crippen LogP contribution is -2.31. The topological polar surface area (TPSA) is 77.5 Å². The summed E-state index contributed by atoms with van der Waals surface area (Å²) in [6.07, 6.45) is 0. The molecule has 110 valence electrons. The van der Waals surface area contributed by atoms with Crippen molar-refractivity contribution in [2.75, 3.05) is 26.9 Å². The second kappa shape index (κ2) is 7.81. The molecule has 1 aromatic rings. The first-order valence-corrected chi connectivity index (χ1v) is 6.40. The highest BCUT2D eigenvalue weighted by Gasteiger charge is 2.17. The third kappa shape index (κ3) is 4.79. The Morgan fingerprint density at radius 3 is 2.70 bits per heavy atom. The van der Waals surface area contributed by atoms with E-state index in [1.807, 2.05) is 0 Å². The van der Waals surface area contributed by atoms with Crippen LogP contribution in [0, 0.1) is 13.8 Å². The standard InChI is InChI=1S/C13H17ClN2O4/c1-8-6-9(2)16-12(14)11(8)13(18)20-7-10(17)15-4-5-19-3/h6H,4-5,7H2,1-3H3,(H,15,17). The first-order valence-electron chi connectivity index (χ1n) is 6.02. The van der Waals surface area contributed by atoms with Crippen LogP contribution in [0.1, 0.15) is 21.6 Å². The van der Waals surface area contributed by atoms with E-state index in [1.165, 1.54) is 7.11 Å². The Morgan fingerprint density at radius 1 is 1.40 bits per heavy atom. The highest BCUT2D eigenvalue weighted by molar-refractivity contribution is 6.32. The van der Waals surface area contributed by atoms with Crippen molar-refractivity contribution in [3.8, 4) is 0 Å². The Hall–Kier alpha value is -1.66. The molecule has 0 aliphatic rings. The van der Waals surface area contributed by atoms with Crippen molar-refractivity contribution in [2.45, 2.75) is 13.8 Å². The van der Waals surface area contributed by atoms with Crippen LogP contribution in [0.2, 0.25) is 5.15 Å². The van der Waals surface area contributed by atoms with Crippen LogP contribution in [0.4, 0.5) is 0 Å². The number of pyridine rings is 1. The molecule has 7 heteroatoms. The van der Waals surface area contributed by atoms with Gasteiger partial charge in [0, 0.05) is 19.3 Å². The van der Waals surface area contributed by atoms with Crippen LogP contribution in [0.3, 0.4) is 0 Å². The van der Waals surface area contributed by atoms with Gasteiger partial charge in [0.05, 0.1) is 12.2 Å². The number of ether oxygens (including phenoxy) is 2. The molecule has 0 bridgehead atoms. The minimum absolute atomic E-state index is 0.0762. The molecule has 0 aliphatic carbocycles. The third-order valence-electron chi connectivity index (χ3n) is 2.47. The molecule has 1 aromatic heterocycles. The van der Waals surface area contributed by atoms with Crippen LogP contribution >= 0.6 is 11.6 Å². The van der Waals surface area contributed by atoms with E-state index in [9.17, 15) is 9.59 Å². The fourth-order valence-corrected chi connectivity index (χ4v) is 1.94. The third-order valence-corrected chi connectivity index (χ3v) is 2.74. The molecule has 1 heterocycles. The molecule has 0 saturated heterocycles. The molecule has 1 N–H and O–H groups in total. The van der Waals surface area contributed by atoms with Gasteiger partial charge in [-0.3, -0.25) is 4.79 Å². The van der Waals surface area contributed by atoms with E-state index >= 15 is 0 Å². The van der Waals surface area contributed by atoms with E-state index in [0.717, 1.165) is 0 Å². The summed E-state index contributed by atoms with van der Waals surface area (Å²) in [4.78, 5) is 27.3. The van der Waals surface area contributed by atoms with E-state index in [4.69, 9.17) is 21.1 Å². The van der Waals surface area contributed by atoms with Crippen LogP contribution in [0.5, 0.6) is 0 Å². The zero-order chi connectivity index (χ0) is 15.1. The number of esters is 1. The smallest absolute Gasteiger partial charge is 0.342 e. The van der Waals surface area contributed by atoms with Crippen LogP contribution in [-0.2, 0) is 14.3 Å². The molecule has 0 atom stereocenters. The number of aromatic nitrogens is 1. The van der Waals surface area contributed by atoms with E-state index in [2.05, 4.69) is 10.3 Å². The number of methoxy groups -OCH3 is 1. The predicted octanol–water partition coefficient (Wildman–Crippen LogP) is 1.27. The van der Waals surface area contributed by atoms with Gasteiger partial charge < -0.3 is 14.8 Å². The van der Waals surface area contributed by atoms with Gasteiger partial charge in [0.25, 0.3) is 5.91 Å². The Bertz CT molecular complexity index is 482. The lowest BCUT2D eigenvalue weighted by molar-refractivity contribution is -0.124. The minimum atomic E-state index is -0.665. The summed E-state index contributed by atoms with van der Waals surface area (Å²) in [5, 5.41) is 2.62. The van der Waals surface area contributed by atoms with E-state index in [-0.39, 0.29) is 17.3 Å². The molecular formula is C13H17ClN2O4. The van der Waals surface area contributed by atoms with Gasteiger partial charge in [-0.1, -0.05) is 11.6 Å². The van der Waals surface area contributed by atoms with Gasteiger partial charge in [0.2, 0.25) is 0 Å². The maximum atomic E-state index is 11.9. The highest BCUT2D eigenvalue weighted by Crippen LogP contribution is 2.19. The van der Waals surface area contributed by atoms with Crippen LogP contribution < -0.4 is 5.32 Å². The lowest BCUT2D eigenvalue weighted by Gasteiger charge is -2.09. The summed E-state index contributed by atoms with van der Waals surface area (Å²) in [6, 6.07) is 1.72. The van der Waals surface area contributed by atoms with Crippen molar-refractivity contribution in [1.82, 2.24) is 10.3 Å². The second-order valence-corrected chi connectivity index (χ2v) is 4.52. The zero-order valence-corrected chi connectivity index (χ0v) is 12.4. The summed E-state index contributed by atoms with van der Waals surface area (Å²) in [5.74, 6) is -1.06. The molecular weight excluding hydrogens is 284 g/mol. The number of carbonyl (C=O) groups is 2. The first-order chi connectivity index (χ1) is 9.45. The summed E-state index contributed by atoms with van der Waals surface area (Å²) >= 11 is 5.92. The number of hydrogen-bond acceptors (Lipinski definition) is 5. The van der Waals surface area contributed by atoms with Crippen LogP contribution in [-0.4, -0.2) is 43.7 Å². The zero-order valence-electron chi connectivity index (χ0n) is 11.7. The molecule has 20 heavy (non-hydrogen) atoms. The van der Waals surface area contributed by atoms with Crippen molar-refractivity contribution in [1.29, 1.82) is 0 Å². The largest absolute Gasteiger partial charge is 0.452 e. The van der Waals surface area contributed by atoms with E-state index < -0.39 is 11.9 Å². The van der Waals surface area contributed by atoms with Crippen molar-refractivity contribution >= 4 is 23.5 Å². The summed E-state index contributed by atoms with van der Waals surface area (Å²) < 4.78 is 9.69. The monoisotopic (exact) mass is 300 g/mol. The molecule has 0 unspecified atom stereocenters. The fourth-order valence-electron chi connectivity index (χ4n) is 1.58. The maximum absolute atomic E-state index is 11.9. The average Bonchev–Trinajstić information content (AvgIpc) is 2.35. The van der Waals surface area contributed by atoms with Gasteiger partial charge in [0.1, 0.15) is 5.15 Å². The molecule has 0 aromatic carbocycles. The highest BCUT2D eigenvalue weighted by atomic mass is 35.5. The number of halogens is 1. The number of aryl methyl sites for hydroxylation is 2. The SMILES string of the molecule is COCCNC(=O)COC(=O)c1c(C)cc(C)nc1Cl. The van der Waals surface area contributed by atoms with E-state index in [0.29, 0.717) is 24.4 Å². The van der Waals surface area contributed by atoms with Gasteiger partial charge >= 0.3 is 5.97 Å². The van der Waals surface area contributed by atoms with Gasteiger partial charge in [-0.25, -0.2) is 9.78 Å². The van der Waals surface area contributed by atoms with Crippen molar-refractivity contribution in [3.05, 3.63) is 28.0 Å². The molecule has 0 spiro atoms. The van der Waals surface area contributed by atoms with Gasteiger partial charge in [-0.2, -0.15) is 0 Å². The van der Waals surface area contributed by atoms with Crippen LogP contribution in [0.15, 0.2) is 6.07 Å². The number of hydrogen-bond donors (Lipinski definition) is 1. The summed E-state index contributed by atoms with van der Waals surface area (Å²) in [6.45, 7) is 3.89. The normalized spacial score (nSPS) is 10.2. The number of nitrogens with zero attached hydrogens (tertiary/aromatic N) is 1. The van der Waals surface area contributed by atoms with E-state index in [1.54, 1.807) is 19.9 Å². The minimum Gasteiger partial charge on any atom is -0.452 e. The molecule has 6 nitrogen and oxygen atoms in total. The molecule has 1 rings (SSSR count). The molecule has 0 fully saturated rings. The predicted molar refractivity (Wildman–Crippen MR) is 73.9 cm³/mol. The van der Waals surface area contributed by atoms with Crippen molar-refractivity contribution in [2.24, 2.45) is 0 Å².